The van der Waals surface area contributed by atoms with E-state index in [-0.39, 0.29) is 18.2 Å². The van der Waals surface area contributed by atoms with E-state index in [1.54, 1.807) is 22.2 Å². The van der Waals surface area contributed by atoms with Crippen molar-refractivity contribution in [3.63, 3.8) is 0 Å². The highest BCUT2D eigenvalue weighted by atomic mass is 35.5. The largest absolute Gasteiger partial charge is 1.00 e. The van der Waals surface area contributed by atoms with Gasteiger partial charge in [0.2, 0.25) is 0 Å². The molecule has 2 aromatic heterocycles. The molecule has 0 aliphatic carbocycles. The Morgan fingerprint density at radius 3 is 2.72 bits per heavy atom. The standard InChI is InChI=1S/C12H14N3O2.ClH/c1-14-7-5-4-6-9(14)11(16)10-8-13-12(17-3)15(10)2;/h4-8H,1-3H3;1H/q+1;/p-1. The second-order valence-corrected chi connectivity index (χ2v) is 3.72. The highest BCUT2D eigenvalue weighted by molar-refractivity contribution is 6.05. The number of imidazole rings is 1. The number of hydrogen-bond acceptors (Lipinski definition) is 3. The van der Waals surface area contributed by atoms with Crippen molar-refractivity contribution in [2.24, 2.45) is 14.1 Å². The van der Waals surface area contributed by atoms with Gasteiger partial charge in [-0.05, 0) is 6.07 Å². The third-order valence-electron chi connectivity index (χ3n) is 2.65. The van der Waals surface area contributed by atoms with E-state index in [1.807, 2.05) is 25.4 Å². The number of rotatable bonds is 3. The molecular formula is C12H14ClN3O2. The van der Waals surface area contributed by atoms with Gasteiger partial charge in [-0.3, -0.25) is 9.36 Å². The molecule has 0 bridgehead atoms. The smallest absolute Gasteiger partial charge is 0.296 e. The van der Waals surface area contributed by atoms with Crippen LogP contribution in [0, 0.1) is 0 Å². The molecule has 0 saturated heterocycles. The van der Waals surface area contributed by atoms with Crippen molar-refractivity contribution in [3.8, 4) is 6.01 Å². The van der Waals surface area contributed by atoms with Gasteiger partial charge in [0.1, 0.15) is 12.7 Å². The molecule has 0 aliphatic heterocycles. The fraction of sp³-hybridized carbons (Fsp3) is 0.250. The van der Waals surface area contributed by atoms with Crippen LogP contribution in [0.3, 0.4) is 0 Å². The molecule has 2 heterocycles. The molecule has 0 aliphatic rings. The van der Waals surface area contributed by atoms with E-state index in [1.165, 1.54) is 13.3 Å². The van der Waals surface area contributed by atoms with Crippen LogP contribution in [-0.4, -0.2) is 22.4 Å². The number of nitrogens with zero attached hydrogens (tertiary/aromatic N) is 3. The maximum Gasteiger partial charge on any atom is 0.296 e. The number of aryl methyl sites for hydroxylation is 1. The van der Waals surface area contributed by atoms with Crippen LogP contribution in [0.2, 0.25) is 0 Å². The Morgan fingerprint density at radius 2 is 2.17 bits per heavy atom. The lowest BCUT2D eigenvalue weighted by Crippen LogP contribution is -3.00. The molecule has 2 aromatic rings. The summed E-state index contributed by atoms with van der Waals surface area (Å²) in [6, 6.07) is 5.91. The van der Waals surface area contributed by atoms with Gasteiger partial charge in [0.25, 0.3) is 17.5 Å². The minimum absolute atomic E-state index is 0. The van der Waals surface area contributed by atoms with Crippen LogP contribution in [0.15, 0.2) is 30.6 Å². The van der Waals surface area contributed by atoms with Crippen LogP contribution in [0.25, 0.3) is 0 Å². The second kappa shape index (κ2) is 5.64. The van der Waals surface area contributed by atoms with Gasteiger partial charge in [0.05, 0.1) is 13.3 Å². The molecule has 6 heteroatoms. The number of ether oxygens (including phenoxy) is 1. The van der Waals surface area contributed by atoms with E-state index < -0.39 is 0 Å². The minimum Gasteiger partial charge on any atom is -1.00 e. The Hall–Kier alpha value is -1.88. The van der Waals surface area contributed by atoms with Crippen LogP contribution in [-0.2, 0) is 14.1 Å². The summed E-state index contributed by atoms with van der Waals surface area (Å²) < 4.78 is 8.45. The quantitative estimate of drug-likeness (QED) is 0.456. The molecule has 0 amide bonds. The number of ketones is 1. The van der Waals surface area contributed by atoms with E-state index in [2.05, 4.69) is 4.98 Å². The maximum atomic E-state index is 12.3. The number of halogens is 1. The Bertz CT molecular complexity index is 566. The first-order valence-electron chi connectivity index (χ1n) is 5.20. The van der Waals surface area contributed by atoms with Gasteiger partial charge in [0, 0.05) is 19.2 Å². The molecule has 0 unspecified atom stereocenters. The summed E-state index contributed by atoms with van der Waals surface area (Å²) in [5.74, 6) is -0.0774. The van der Waals surface area contributed by atoms with Crippen LogP contribution in [0.4, 0.5) is 0 Å². The lowest BCUT2D eigenvalue weighted by molar-refractivity contribution is -0.673. The zero-order valence-corrected chi connectivity index (χ0v) is 11.2. The predicted molar refractivity (Wildman–Crippen MR) is 60.8 cm³/mol. The zero-order chi connectivity index (χ0) is 12.4. The van der Waals surface area contributed by atoms with E-state index in [0.717, 1.165) is 0 Å². The Morgan fingerprint density at radius 1 is 1.44 bits per heavy atom. The number of hydrogen-bond donors (Lipinski definition) is 0. The summed E-state index contributed by atoms with van der Waals surface area (Å²) >= 11 is 0. The first-order valence-corrected chi connectivity index (χ1v) is 5.20. The fourth-order valence-electron chi connectivity index (χ4n) is 1.68. The summed E-state index contributed by atoms with van der Waals surface area (Å²) in [5, 5.41) is 0. The van der Waals surface area contributed by atoms with Gasteiger partial charge in [-0.2, -0.15) is 4.57 Å². The molecule has 0 atom stereocenters. The summed E-state index contributed by atoms with van der Waals surface area (Å²) in [6.07, 6.45) is 3.36. The number of carbonyl (C=O) groups excluding carboxylic acids is 1. The van der Waals surface area contributed by atoms with Crippen molar-refractivity contribution in [2.45, 2.75) is 0 Å². The van der Waals surface area contributed by atoms with Crippen LogP contribution in [0.1, 0.15) is 16.2 Å². The van der Waals surface area contributed by atoms with Crippen LogP contribution >= 0.6 is 0 Å². The molecule has 2 rings (SSSR count). The molecule has 0 N–H and O–H groups in total. The minimum atomic E-state index is -0.0774. The average Bonchev–Trinajstić information content (AvgIpc) is 2.70. The fourth-order valence-corrected chi connectivity index (χ4v) is 1.68. The van der Waals surface area contributed by atoms with Gasteiger partial charge in [0.15, 0.2) is 6.20 Å². The molecule has 18 heavy (non-hydrogen) atoms. The van der Waals surface area contributed by atoms with Gasteiger partial charge in [-0.15, -0.1) is 0 Å². The van der Waals surface area contributed by atoms with E-state index >= 15 is 0 Å². The molecule has 0 fully saturated rings. The van der Waals surface area contributed by atoms with Crippen molar-refractivity contribution >= 4 is 5.78 Å². The van der Waals surface area contributed by atoms with E-state index in [0.29, 0.717) is 17.4 Å². The third-order valence-corrected chi connectivity index (χ3v) is 2.65. The second-order valence-electron chi connectivity index (χ2n) is 3.72. The van der Waals surface area contributed by atoms with Gasteiger partial charge < -0.3 is 17.1 Å². The number of pyridine rings is 1. The Balaban J connectivity index is 0.00000162. The average molecular weight is 268 g/mol. The first kappa shape index (κ1) is 14.2. The van der Waals surface area contributed by atoms with E-state index in [4.69, 9.17) is 4.74 Å². The van der Waals surface area contributed by atoms with Gasteiger partial charge in [-0.1, -0.05) is 0 Å². The monoisotopic (exact) mass is 267 g/mol. The van der Waals surface area contributed by atoms with Crippen LogP contribution in [0.5, 0.6) is 6.01 Å². The number of aromatic nitrogens is 3. The van der Waals surface area contributed by atoms with Crippen molar-refractivity contribution in [3.05, 3.63) is 42.0 Å². The third kappa shape index (κ3) is 2.36. The molecule has 96 valence electrons. The van der Waals surface area contributed by atoms with Crippen molar-refractivity contribution < 1.29 is 26.5 Å². The van der Waals surface area contributed by atoms with Crippen molar-refractivity contribution in [1.82, 2.24) is 9.55 Å². The predicted octanol–water partition coefficient (Wildman–Crippen LogP) is -2.51. The molecule has 0 aromatic carbocycles. The van der Waals surface area contributed by atoms with Gasteiger partial charge >= 0.3 is 0 Å². The zero-order valence-electron chi connectivity index (χ0n) is 10.4. The molecule has 0 spiro atoms. The highest BCUT2D eigenvalue weighted by Gasteiger charge is 2.22. The van der Waals surface area contributed by atoms with E-state index in [9.17, 15) is 4.79 Å². The SMILES string of the molecule is COc1ncc(C(=O)c2cccc[n+]2C)n1C.[Cl-]. The summed E-state index contributed by atoms with van der Waals surface area (Å²) in [6.45, 7) is 0. The molecule has 0 saturated carbocycles. The van der Waals surface area contributed by atoms with Crippen molar-refractivity contribution in [2.75, 3.05) is 7.11 Å². The van der Waals surface area contributed by atoms with Crippen molar-refractivity contribution in [1.29, 1.82) is 0 Å². The normalized spacial score (nSPS) is 9.72. The summed E-state index contributed by atoms with van der Waals surface area (Å²) in [5.41, 5.74) is 1.11. The maximum absolute atomic E-state index is 12.3. The highest BCUT2D eigenvalue weighted by Crippen LogP contribution is 2.12. The number of methoxy groups -OCH3 is 1. The molecule has 5 nitrogen and oxygen atoms in total. The lowest BCUT2D eigenvalue weighted by Gasteiger charge is -2.02. The molecular weight excluding hydrogens is 254 g/mol. The summed E-state index contributed by atoms with van der Waals surface area (Å²) in [7, 11) is 5.11. The Kier molecular flexibility index (Phi) is 4.44. The summed E-state index contributed by atoms with van der Waals surface area (Å²) in [4.78, 5) is 16.3. The topological polar surface area (TPSA) is 48.0 Å². The number of carbonyl (C=O) groups is 1. The lowest BCUT2D eigenvalue weighted by atomic mass is 10.2. The van der Waals surface area contributed by atoms with Crippen LogP contribution < -0.4 is 21.7 Å². The Labute approximate surface area is 111 Å². The first-order chi connectivity index (χ1) is 8.15. The van der Waals surface area contributed by atoms with Gasteiger partial charge in [-0.25, -0.2) is 4.98 Å². The molecule has 0 radical (unpaired) electrons.